The number of nitrogens with zero attached hydrogens (tertiary/aromatic N) is 1. The summed E-state index contributed by atoms with van der Waals surface area (Å²) in [7, 11) is 0. The van der Waals surface area contributed by atoms with Gasteiger partial charge in [0, 0.05) is 5.56 Å². The van der Waals surface area contributed by atoms with Gasteiger partial charge in [-0.1, -0.05) is 18.2 Å². The van der Waals surface area contributed by atoms with Crippen molar-refractivity contribution in [2.75, 3.05) is 26.4 Å². The first-order chi connectivity index (χ1) is 9.19. The number of benzene rings is 1. The van der Waals surface area contributed by atoms with E-state index in [0.717, 1.165) is 4.90 Å². The van der Waals surface area contributed by atoms with Crippen molar-refractivity contribution >= 4 is 5.91 Å². The largest absolute Gasteiger partial charge is 0.394 e. The molecule has 0 fully saturated rings. The van der Waals surface area contributed by atoms with E-state index in [0.29, 0.717) is 5.56 Å². The number of rotatable bonds is 7. The SMILES string of the molecule is O=C(c1ccccc1)N(C(CO)CO)C(CO)CO. The van der Waals surface area contributed by atoms with Gasteiger partial charge in [0.05, 0.1) is 38.5 Å². The van der Waals surface area contributed by atoms with Gasteiger partial charge in [-0.2, -0.15) is 0 Å². The Kier molecular flexibility index (Phi) is 6.44. The Morgan fingerprint density at radius 1 is 0.895 bits per heavy atom. The van der Waals surface area contributed by atoms with E-state index >= 15 is 0 Å². The van der Waals surface area contributed by atoms with E-state index in [-0.39, 0.29) is 0 Å². The van der Waals surface area contributed by atoms with Gasteiger partial charge < -0.3 is 25.3 Å². The molecule has 0 bridgehead atoms. The molecule has 6 heteroatoms. The lowest BCUT2D eigenvalue weighted by Gasteiger charge is -2.35. The van der Waals surface area contributed by atoms with Gasteiger partial charge >= 0.3 is 0 Å². The van der Waals surface area contributed by atoms with Gasteiger partial charge in [-0.05, 0) is 12.1 Å². The molecular weight excluding hydrogens is 250 g/mol. The molecule has 0 saturated heterocycles. The fourth-order valence-electron chi connectivity index (χ4n) is 1.83. The number of hydrogen-bond acceptors (Lipinski definition) is 5. The van der Waals surface area contributed by atoms with Gasteiger partial charge in [0.15, 0.2) is 0 Å². The molecule has 1 aromatic rings. The van der Waals surface area contributed by atoms with Crippen LogP contribution in [0.2, 0.25) is 0 Å². The van der Waals surface area contributed by atoms with Crippen molar-refractivity contribution < 1.29 is 25.2 Å². The number of hydrogen-bond donors (Lipinski definition) is 4. The zero-order valence-corrected chi connectivity index (χ0v) is 10.5. The smallest absolute Gasteiger partial charge is 0.254 e. The average molecular weight is 269 g/mol. The molecule has 0 unspecified atom stereocenters. The van der Waals surface area contributed by atoms with Crippen LogP contribution in [0.1, 0.15) is 10.4 Å². The second-order valence-corrected chi connectivity index (χ2v) is 4.12. The van der Waals surface area contributed by atoms with Gasteiger partial charge in [-0.25, -0.2) is 0 Å². The molecule has 1 aromatic carbocycles. The van der Waals surface area contributed by atoms with Gasteiger partial charge in [0.2, 0.25) is 0 Å². The molecule has 0 heterocycles. The molecular formula is C13H19NO5. The molecule has 0 atom stereocenters. The van der Waals surface area contributed by atoms with Crippen LogP contribution < -0.4 is 0 Å². The Hall–Kier alpha value is -1.47. The third-order valence-corrected chi connectivity index (χ3v) is 2.89. The predicted molar refractivity (Wildman–Crippen MR) is 68.5 cm³/mol. The van der Waals surface area contributed by atoms with Crippen molar-refractivity contribution in [2.45, 2.75) is 12.1 Å². The van der Waals surface area contributed by atoms with E-state index in [1.54, 1.807) is 30.3 Å². The summed E-state index contributed by atoms with van der Waals surface area (Å²) in [5, 5.41) is 36.9. The van der Waals surface area contributed by atoms with E-state index in [2.05, 4.69) is 0 Å². The third kappa shape index (κ3) is 3.74. The maximum absolute atomic E-state index is 12.3. The second-order valence-electron chi connectivity index (χ2n) is 4.12. The highest BCUT2D eigenvalue weighted by Gasteiger charge is 2.30. The predicted octanol–water partition coefficient (Wildman–Crippen LogP) is -1.16. The number of carbonyl (C=O) groups is 1. The Bertz CT molecular complexity index is 364. The highest BCUT2D eigenvalue weighted by molar-refractivity contribution is 5.94. The molecule has 0 aliphatic heterocycles. The number of carbonyl (C=O) groups excluding carboxylic acids is 1. The molecule has 0 aliphatic rings. The topological polar surface area (TPSA) is 101 Å². The van der Waals surface area contributed by atoms with E-state index in [1.165, 1.54) is 0 Å². The van der Waals surface area contributed by atoms with Crippen molar-refractivity contribution in [3.05, 3.63) is 35.9 Å². The highest BCUT2D eigenvalue weighted by atomic mass is 16.3. The Balaban J connectivity index is 3.05. The van der Waals surface area contributed by atoms with E-state index in [4.69, 9.17) is 0 Å². The van der Waals surface area contributed by atoms with Crippen LogP contribution in [-0.4, -0.2) is 69.7 Å². The van der Waals surface area contributed by atoms with Crippen molar-refractivity contribution in [2.24, 2.45) is 0 Å². The summed E-state index contributed by atoms with van der Waals surface area (Å²) in [5.74, 6) is -0.457. The first-order valence-corrected chi connectivity index (χ1v) is 6.00. The summed E-state index contributed by atoms with van der Waals surface area (Å²) in [6, 6.07) is 6.58. The first-order valence-electron chi connectivity index (χ1n) is 6.00. The standard InChI is InChI=1S/C13H19NO5/c15-6-11(7-16)14(12(8-17)9-18)13(19)10-4-2-1-3-5-10/h1-5,11-12,15-18H,6-9H2. The summed E-state index contributed by atoms with van der Waals surface area (Å²) in [5.41, 5.74) is 0.362. The monoisotopic (exact) mass is 269 g/mol. The van der Waals surface area contributed by atoms with Crippen molar-refractivity contribution in [3.63, 3.8) is 0 Å². The van der Waals surface area contributed by atoms with Gasteiger partial charge in [0.1, 0.15) is 0 Å². The fourth-order valence-corrected chi connectivity index (χ4v) is 1.83. The van der Waals surface area contributed by atoms with Crippen LogP contribution in [-0.2, 0) is 0 Å². The lowest BCUT2D eigenvalue weighted by molar-refractivity contribution is 0.00542. The van der Waals surface area contributed by atoms with Gasteiger partial charge in [-0.3, -0.25) is 4.79 Å². The summed E-state index contributed by atoms with van der Waals surface area (Å²) in [6.45, 7) is -1.81. The molecule has 6 nitrogen and oxygen atoms in total. The normalized spacial score (nSPS) is 11.1. The van der Waals surface area contributed by atoms with Crippen LogP contribution in [0.5, 0.6) is 0 Å². The van der Waals surface area contributed by atoms with Crippen molar-refractivity contribution in [1.29, 1.82) is 0 Å². The average Bonchev–Trinajstić information content (AvgIpc) is 2.48. The number of amides is 1. The minimum atomic E-state index is -0.864. The lowest BCUT2D eigenvalue weighted by Crippen LogP contribution is -2.53. The Labute approximate surface area is 111 Å². The zero-order chi connectivity index (χ0) is 14.3. The Morgan fingerprint density at radius 2 is 1.32 bits per heavy atom. The number of aliphatic hydroxyl groups is 4. The van der Waals surface area contributed by atoms with Crippen LogP contribution in [0.4, 0.5) is 0 Å². The third-order valence-electron chi connectivity index (χ3n) is 2.89. The highest BCUT2D eigenvalue weighted by Crippen LogP contribution is 2.12. The summed E-state index contributed by atoms with van der Waals surface area (Å²) < 4.78 is 0. The fraction of sp³-hybridized carbons (Fsp3) is 0.462. The van der Waals surface area contributed by atoms with Crippen LogP contribution in [0.25, 0.3) is 0 Å². The van der Waals surface area contributed by atoms with Gasteiger partial charge in [0.25, 0.3) is 5.91 Å². The molecule has 106 valence electrons. The molecule has 0 saturated carbocycles. The molecule has 19 heavy (non-hydrogen) atoms. The van der Waals surface area contributed by atoms with Crippen LogP contribution in [0, 0.1) is 0 Å². The molecule has 1 amide bonds. The maximum atomic E-state index is 12.3. The molecule has 0 aromatic heterocycles. The molecule has 0 spiro atoms. The molecule has 0 radical (unpaired) electrons. The number of aliphatic hydroxyl groups excluding tert-OH is 4. The zero-order valence-electron chi connectivity index (χ0n) is 10.5. The van der Waals surface area contributed by atoms with Gasteiger partial charge in [-0.15, -0.1) is 0 Å². The molecule has 4 N–H and O–H groups in total. The summed E-state index contributed by atoms with van der Waals surface area (Å²) >= 11 is 0. The molecule has 1 rings (SSSR count). The van der Waals surface area contributed by atoms with E-state index in [1.807, 2.05) is 0 Å². The van der Waals surface area contributed by atoms with Crippen LogP contribution in [0.15, 0.2) is 30.3 Å². The van der Waals surface area contributed by atoms with Crippen molar-refractivity contribution in [1.82, 2.24) is 4.90 Å². The minimum Gasteiger partial charge on any atom is -0.394 e. The Morgan fingerprint density at radius 3 is 1.68 bits per heavy atom. The summed E-state index contributed by atoms with van der Waals surface area (Å²) in [6.07, 6.45) is 0. The van der Waals surface area contributed by atoms with E-state index in [9.17, 15) is 25.2 Å². The molecule has 0 aliphatic carbocycles. The minimum absolute atomic E-state index is 0.362. The van der Waals surface area contributed by atoms with E-state index < -0.39 is 44.4 Å². The van der Waals surface area contributed by atoms with Crippen LogP contribution in [0.3, 0.4) is 0 Å². The maximum Gasteiger partial charge on any atom is 0.254 e. The summed E-state index contributed by atoms with van der Waals surface area (Å²) in [4.78, 5) is 13.5. The second kappa shape index (κ2) is 7.85. The lowest BCUT2D eigenvalue weighted by atomic mass is 10.1. The van der Waals surface area contributed by atoms with Crippen molar-refractivity contribution in [3.8, 4) is 0 Å². The quantitative estimate of drug-likeness (QED) is 0.500. The van der Waals surface area contributed by atoms with Crippen LogP contribution >= 0.6 is 0 Å². The first kappa shape index (κ1) is 15.6.